The van der Waals surface area contributed by atoms with Gasteiger partial charge in [-0.3, -0.25) is 0 Å². The van der Waals surface area contributed by atoms with Gasteiger partial charge in [0.2, 0.25) is 0 Å². The van der Waals surface area contributed by atoms with Crippen LogP contribution < -0.4 is 0 Å². The van der Waals surface area contributed by atoms with E-state index in [0.29, 0.717) is 5.41 Å². The summed E-state index contributed by atoms with van der Waals surface area (Å²) < 4.78 is 0. The van der Waals surface area contributed by atoms with Crippen LogP contribution in [0.1, 0.15) is 169 Å². The zero-order valence-electron chi connectivity index (χ0n) is 22.1. The van der Waals surface area contributed by atoms with Gasteiger partial charge in [-0.05, 0) is 48.9 Å². The molecule has 0 saturated heterocycles. The Morgan fingerprint density at radius 3 is 1.60 bits per heavy atom. The topological polar surface area (TPSA) is 0 Å². The molecule has 0 spiro atoms. The summed E-state index contributed by atoms with van der Waals surface area (Å²) in [5, 5.41) is 0. The Morgan fingerprint density at radius 1 is 0.533 bits per heavy atom. The third-order valence-corrected chi connectivity index (χ3v) is 8.31. The van der Waals surface area contributed by atoms with E-state index in [-0.39, 0.29) is 0 Å². The summed E-state index contributed by atoms with van der Waals surface area (Å²) >= 11 is 0. The first-order chi connectivity index (χ1) is 14.5. The van der Waals surface area contributed by atoms with E-state index in [4.69, 9.17) is 0 Å². The van der Waals surface area contributed by atoms with Gasteiger partial charge in [-0.2, -0.15) is 0 Å². The molecular weight excluding hydrogens is 360 g/mol. The first-order valence-electron chi connectivity index (χ1n) is 14.5. The SMILES string of the molecule is CCCCCCCCCCC1CC(CCCCC(C)(C)CCCCCC)CC1CC. The second kappa shape index (κ2) is 17.5. The third kappa shape index (κ3) is 13.4. The standard InChI is InChI=1S/C30H60/c1-6-9-11-13-14-15-16-17-22-29-26-27(25-28(29)8-3)21-18-20-24-30(4,5)23-19-12-10-7-2/h27-29H,6-26H2,1-5H3. The van der Waals surface area contributed by atoms with Gasteiger partial charge in [0.25, 0.3) is 0 Å². The molecule has 0 aromatic rings. The summed E-state index contributed by atoms with van der Waals surface area (Å²) in [4.78, 5) is 0. The molecule has 0 nitrogen and oxygen atoms in total. The fourth-order valence-corrected chi connectivity index (χ4v) is 6.16. The van der Waals surface area contributed by atoms with Gasteiger partial charge in [-0.15, -0.1) is 0 Å². The summed E-state index contributed by atoms with van der Waals surface area (Å²) in [7, 11) is 0. The largest absolute Gasteiger partial charge is 0.0654 e. The van der Waals surface area contributed by atoms with Crippen LogP contribution >= 0.6 is 0 Å². The van der Waals surface area contributed by atoms with Gasteiger partial charge in [-0.1, -0.05) is 144 Å². The summed E-state index contributed by atoms with van der Waals surface area (Å²) in [5.74, 6) is 3.17. The van der Waals surface area contributed by atoms with Crippen LogP contribution in [0, 0.1) is 23.2 Å². The Bertz CT molecular complexity index is 368. The lowest BCUT2D eigenvalue weighted by Crippen LogP contribution is -2.11. The minimum Gasteiger partial charge on any atom is -0.0654 e. The van der Waals surface area contributed by atoms with E-state index in [9.17, 15) is 0 Å². The van der Waals surface area contributed by atoms with Crippen LogP contribution in [0.5, 0.6) is 0 Å². The molecule has 180 valence electrons. The van der Waals surface area contributed by atoms with Crippen LogP contribution in [0.2, 0.25) is 0 Å². The Hall–Kier alpha value is 0. The van der Waals surface area contributed by atoms with Gasteiger partial charge >= 0.3 is 0 Å². The first kappa shape index (κ1) is 28.0. The molecule has 3 unspecified atom stereocenters. The zero-order chi connectivity index (χ0) is 22.1. The quantitative estimate of drug-likeness (QED) is 0.172. The smallest absolute Gasteiger partial charge is 0.0354 e. The molecule has 0 N–H and O–H groups in total. The Kier molecular flexibility index (Phi) is 16.4. The molecule has 1 aliphatic carbocycles. The van der Waals surface area contributed by atoms with E-state index >= 15 is 0 Å². The molecule has 0 aliphatic heterocycles. The number of hydrogen-bond donors (Lipinski definition) is 0. The molecule has 0 aromatic carbocycles. The highest BCUT2D eigenvalue weighted by Gasteiger charge is 2.32. The second-order valence-electron chi connectivity index (χ2n) is 11.8. The number of rotatable bonds is 20. The molecule has 0 heteroatoms. The molecule has 0 bridgehead atoms. The minimum absolute atomic E-state index is 0.578. The highest BCUT2D eigenvalue weighted by Crippen LogP contribution is 2.43. The molecule has 3 atom stereocenters. The predicted octanol–water partition coefficient (Wildman–Crippen LogP) is 11.1. The van der Waals surface area contributed by atoms with E-state index < -0.39 is 0 Å². The average Bonchev–Trinajstić information content (AvgIpc) is 3.12. The van der Waals surface area contributed by atoms with Crippen LogP contribution in [0.25, 0.3) is 0 Å². The maximum Gasteiger partial charge on any atom is -0.0354 e. The highest BCUT2D eigenvalue weighted by molar-refractivity contribution is 4.83. The fourth-order valence-electron chi connectivity index (χ4n) is 6.16. The predicted molar refractivity (Wildman–Crippen MR) is 138 cm³/mol. The van der Waals surface area contributed by atoms with Gasteiger partial charge in [0.05, 0.1) is 0 Å². The van der Waals surface area contributed by atoms with Crippen LogP contribution in [0.3, 0.4) is 0 Å². The lowest BCUT2D eigenvalue weighted by molar-refractivity contribution is 0.278. The van der Waals surface area contributed by atoms with Crippen molar-refractivity contribution in [3.63, 3.8) is 0 Å². The van der Waals surface area contributed by atoms with E-state index in [1.165, 1.54) is 122 Å². The van der Waals surface area contributed by atoms with Crippen molar-refractivity contribution in [2.45, 2.75) is 169 Å². The molecule has 30 heavy (non-hydrogen) atoms. The van der Waals surface area contributed by atoms with Gasteiger partial charge in [0.1, 0.15) is 0 Å². The van der Waals surface area contributed by atoms with Gasteiger partial charge in [0.15, 0.2) is 0 Å². The van der Waals surface area contributed by atoms with E-state index in [1.54, 1.807) is 12.8 Å². The third-order valence-electron chi connectivity index (χ3n) is 8.31. The molecular formula is C30H60. The molecule has 0 heterocycles. The summed E-state index contributed by atoms with van der Waals surface area (Å²) in [5.41, 5.74) is 0.578. The van der Waals surface area contributed by atoms with E-state index in [1.807, 2.05) is 0 Å². The van der Waals surface area contributed by atoms with Crippen molar-refractivity contribution in [2.24, 2.45) is 23.2 Å². The lowest BCUT2D eigenvalue weighted by atomic mass is 9.81. The molecule has 0 amide bonds. The van der Waals surface area contributed by atoms with Crippen LogP contribution in [0.4, 0.5) is 0 Å². The molecule has 1 aliphatic rings. The van der Waals surface area contributed by atoms with Gasteiger partial charge in [-0.25, -0.2) is 0 Å². The Balaban J connectivity index is 2.11. The monoisotopic (exact) mass is 420 g/mol. The Labute approximate surface area is 192 Å². The van der Waals surface area contributed by atoms with E-state index in [0.717, 1.165) is 17.8 Å². The van der Waals surface area contributed by atoms with Crippen molar-refractivity contribution >= 4 is 0 Å². The maximum atomic E-state index is 2.52. The van der Waals surface area contributed by atoms with Crippen molar-refractivity contribution in [3.05, 3.63) is 0 Å². The highest BCUT2D eigenvalue weighted by atomic mass is 14.4. The minimum atomic E-state index is 0.578. The van der Waals surface area contributed by atoms with Crippen LogP contribution in [-0.2, 0) is 0 Å². The van der Waals surface area contributed by atoms with Crippen LogP contribution in [-0.4, -0.2) is 0 Å². The molecule has 0 aromatic heterocycles. The van der Waals surface area contributed by atoms with Crippen molar-refractivity contribution < 1.29 is 0 Å². The summed E-state index contributed by atoms with van der Waals surface area (Å²) in [6.45, 7) is 12.1. The van der Waals surface area contributed by atoms with Crippen molar-refractivity contribution in [1.82, 2.24) is 0 Å². The van der Waals surface area contributed by atoms with Crippen molar-refractivity contribution in [1.29, 1.82) is 0 Å². The molecule has 1 saturated carbocycles. The zero-order valence-corrected chi connectivity index (χ0v) is 22.1. The van der Waals surface area contributed by atoms with Crippen molar-refractivity contribution in [2.75, 3.05) is 0 Å². The van der Waals surface area contributed by atoms with Crippen LogP contribution in [0.15, 0.2) is 0 Å². The van der Waals surface area contributed by atoms with Gasteiger partial charge in [0, 0.05) is 0 Å². The number of hydrogen-bond acceptors (Lipinski definition) is 0. The van der Waals surface area contributed by atoms with E-state index in [2.05, 4.69) is 34.6 Å². The summed E-state index contributed by atoms with van der Waals surface area (Å²) in [6.07, 6.45) is 30.9. The first-order valence-corrected chi connectivity index (χ1v) is 14.5. The number of unbranched alkanes of at least 4 members (excludes halogenated alkanes) is 11. The molecule has 0 radical (unpaired) electrons. The Morgan fingerprint density at radius 2 is 1.00 bits per heavy atom. The second-order valence-corrected chi connectivity index (χ2v) is 11.8. The average molecular weight is 421 g/mol. The normalized spacial score (nSPS) is 22.1. The van der Waals surface area contributed by atoms with Crippen molar-refractivity contribution in [3.8, 4) is 0 Å². The van der Waals surface area contributed by atoms with Gasteiger partial charge < -0.3 is 0 Å². The molecule has 1 rings (SSSR count). The lowest BCUT2D eigenvalue weighted by Gasteiger charge is -2.25. The maximum absolute atomic E-state index is 2.52. The fraction of sp³-hybridized carbons (Fsp3) is 1.00. The molecule has 1 fully saturated rings. The summed E-state index contributed by atoms with van der Waals surface area (Å²) in [6, 6.07) is 0.